The fourth-order valence-electron chi connectivity index (χ4n) is 3.42. The van der Waals surface area contributed by atoms with Gasteiger partial charge in [0.05, 0.1) is 5.02 Å². The molecule has 1 aromatic carbocycles. The minimum Gasteiger partial charge on any atom is -0.462 e. The topological polar surface area (TPSA) is 107 Å². The lowest BCUT2D eigenvalue weighted by atomic mass is 9.84. The summed E-state index contributed by atoms with van der Waals surface area (Å²) in [6, 6.07) is 5.05. The lowest BCUT2D eigenvalue weighted by molar-refractivity contribution is 0.0177. The second kappa shape index (κ2) is 6.77. The van der Waals surface area contributed by atoms with Gasteiger partial charge in [0, 0.05) is 23.4 Å². The number of ether oxygens (including phenoxy) is 1. The molecule has 12 heteroatoms. The molecular formula is C17H14ClF3N4O3S. The number of aromatic nitrogens is 1. The van der Waals surface area contributed by atoms with Gasteiger partial charge in [0.1, 0.15) is 11.9 Å². The molecule has 4 rings (SSSR count). The van der Waals surface area contributed by atoms with Crippen LogP contribution < -0.4 is 10.5 Å². The standard InChI is InChI=1S/C17H14ClF3N4O3S/c18-8-1-4-14(23-7-8)29(26,27)25-9-2-3-12(19)10(5-9)17(15(20)21)11-6-13(11)28-16(22)24-17/h1-5,7,11,13,15,25H,6H2,(H2,22,24)/t11?,13?,17-/m1/s1. The van der Waals surface area contributed by atoms with Crippen molar-refractivity contribution in [1.29, 1.82) is 0 Å². The Labute approximate surface area is 168 Å². The third kappa shape index (κ3) is 3.38. The Balaban J connectivity index is 1.75. The average molecular weight is 447 g/mol. The van der Waals surface area contributed by atoms with Crippen LogP contribution in [-0.2, 0) is 20.3 Å². The van der Waals surface area contributed by atoms with Crippen molar-refractivity contribution < 1.29 is 26.3 Å². The number of nitrogens with two attached hydrogens (primary N) is 1. The van der Waals surface area contributed by atoms with Gasteiger partial charge >= 0.3 is 0 Å². The maximum atomic E-state index is 14.6. The van der Waals surface area contributed by atoms with Gasteiger partial charge in [-0.05, 0) is 36.8 Å². The van der Waals surface area contributed by atoms with Crippen LogP contribution in [0.3, 0.4) is 0 Å². The normalized spacial score (nSPS) is 25.8. The minimum absolute atomic E-state index is 0.129. The Morgan fingerprint density at radius 1 is 1.31 bits per heavy atom. The number of rotatable bonds is 5. The third-order valence-electron chi connectivity index (χ3n) is 4.82. The van der Waals surface area contributed by atoms with E-state index in [1.807, 2.05) is 0 Å². The van der Waals surface area contributed by atoms with E-state index in [0.29, 0.717) is 0 Å². The molecule has 0 saturated heterocycles. The number of benzene rings is 1. The van der Waals surface area contributed by atoms with Crippen molar-refractivity contribution in [3.05, 3.63) is 52.9 Å². The molecular weight excluding hydrogens is 433 g/mol. The Hall–Kier alpha value is -2.53. The van der Waals surface area contributed by atoms with E-state index in [1.54, 1.807) is 0 Å². The monoisotopic (exact) mass is 446 g/mol. The van der Waals surface area contributed by atoms with Gasteiger partial charge in [-0.25, -0.2) is 23.1 Å². The van der Waals surface area contributed by atoms with Crippen LogP contribution in [0.15, 0.2) is 46.5 Å². The number of fused-ring (bicyclic) bond motifs is 1. The molecule has 2 aromatic rings. The number of pyridine rings is 1. The number of nitrogens with zero attached hydrogens (tertiary/aromatic N) is 2. The number of hydrogen-bond acceptors (Lipinski definition) is 6. The number of anilines is 1. The first kappa shape index (κ1) is 19.8. The summed E-state index contributed by atoms with van der Waals surface area (Å²) in [4.78, 5) is 7.47. The van der Waals surface area contributed by atoms with Crippen molar-refractivity contribution in [2.24, 2.45) is 16.6 Å². The summed E-state index contributed by atoms with van der Waals surface area (Å²) in [6.07, 6.45) is -2.29. The van der Waals surface area contributed by atoms with E-state index in [1.165, 1.54) is 12.1 Å². The first-order valence-corrected chi connectivity index (χ1v) is 10.2. The SMILES string of the molecule is NC1=N[C@@](c2cc(NS(=O)(=O)c3ccc(Cl)cn3)ccc2F)(C(F)F)C2CC2O1. The first-order chi connectivity index (χ1) is 13.6. The molecule has 154 valence electrons. The van der Waals surface area contributed by atoms with Crippen molar-refractivity contribution in [2.45, 2.75) is 29.5 Å². The quantitative estimate of drug-likeness (QED) is 0.734. The second-order valence-corrected chi connectivity index (χ2v) is 8.76. The molecule has 7 nitrogen and oxygen atoms in total. The number of hydrogen-bond donors (Lipinski definition) is 2. The molecule has 2 unspecified atom stereocenters. The van der Waals surface area contributed by atoms with Crippen LogP contribution in [0, 0.1) is 11.7 Å². The molecule has 3 atom stereocenters. The van der Waals surface area contributed by atoms with Crippen LogP contribution in [0.25, 0.3) is 0 Å². The highest BCUT2D eigenvalue weighted by atomic mass is 35.5. The molecule has 0 amide bonds. The Kier molecular flexibility index (Phi) is 4.61. The van der Waals surface area contributed by atoms with Gasteiger partial charge in [-0.15, -0.1) is 0 Å². The minimum atomic E-state index is -4.16. The molecule has 0 spiro atoms. The fraction of sp³-hybridized carbons (Fsp3) is 0.294. The van der Waals surface area contributed by atoms with Crippen molar-refractivity contribution in [3.8, 4) is 0 Å². The predicted octanol–water partition coefficient (Wildman–Crippen LogP) is 2.87. The number of halogens is 4. The maximum Gasteiger partial charge on any atom is 0.283 e. The third-order valence-corrected chi connectivity index (χ3v) is 6.34. The van der Waals surface area contributed by atoms with Crippen molar-refractivity contribution in [3.63, 3.8) is 0 Å². The van der Waals surface area contributed by atoms with Crippen LogP contribution in [0.2, 0.25) is 5.02 Å². The highest BCUT2D eigenvalue weighted by molar-refractivity contribution is 7.92. The number of aliphatic imine (C=N–C) groups is 1. The zero-order valence-corrected chi connectivity index (χ0v) is 16.1. The molecule has 0 bridgehead atoms. The van der Waals surface area contributed by atoms with Crippen LogP contribution >= 0.6 is 11.6 Å². The second-order valence-electron chi connectivity index (χ2n) is 6.69. The lowest BCUT2D eigenvalue weighted by Gasteiger charge is -2.33. The number of sulfonamides is 1. The highest BCUT2D eigenvalue weighted by Crippen LogP contribution is 2.56. The van der Waals surface area contributed by atoms with E-state index >= 15 is 0 Å². The van der Waals surface area contributed by atoms with Gasteiger partial charge in [0.25, 0.3) is 22.5 Å². The average Bonchev–Trinajstić information content (AvgIpc) is 3.42. The van der Waals surface area contributed by atoms with Gasteiger partial charge in [0.15, 0.2) is 10.6 Å². The smallest absolute Gasteiger partial charge is 0.283 e. The van der Waals surface area contributed by atoms with E-state index in [0.717, 1.165) is 24.4 Å². The summed E-state index contributed by atoms with van der Waals surface area (Å²) in [5, 5.41) is -0.104. The molecule has 1 fully saturated rings. The molecule has 1 aromatic heterocycles. The highest BCUT2D eigenvalue weighted by Gasteiger charge is 2.64. The number of amidine groups is 1. The van der Waals surface area contributed by atoms with E-state index in [9.17, 15) is 21.6 Å². The summed E-state index contributed by atoms with van der Waals surface area (Å²) in [5.41, 5.74) is 2.68. The van der Waals surface area contributed by atoms with E-state index in [2.05, 4.69) is 14.7 Å². The van der Waals surface area contributed by atoms with Gasteiger partial charge < -0.3 is 10.5 Å². The predicted molar refractivity (Wildman–Crippen MR) is 98.7 cm³/mol. The molecule has 1 aliphatic heterocycles. The zero-order chi connectivity index (χ0) is 21.0. The summed E-state index contributed by atoms with van der Waals surface area (Å²) in [7, 11) is -4.16. The van der Waals surface area contributed by atoms with Gasteiger partial charge in [0.2, 0.25) is 0 Å². The Bertz CT molecular complexity index is 1100. The van der Waals surface area contributed by atoms with Crippen molar-refractivity contribution in [1.82, 2.24) is 4.98 Å². The van der Waals surface area contributed by atoms with E-state index in [-0.39, 0.29) is 22.2 Å². The molecule has 3 N–H and O–H groups in total. The van der Waals surface area contributed by atoms with E-state index < -0.39 is 51.4 Å². The molecule has 0 radical (unpaired) electrons. The van der Waals surface area contributed by atoms with Crippen LogP contribution in [0.1, 0.15) is 12.0 Å². The number of nitrogens with one attached hydrogen (secondary N) is 1. The molecule has 1 saturated carbocycles. The summed E-state index contributed by atoms with van der Waals surface area (Å²) >= 11 is 5.70. The molecule has 2 heterocycles. The fourth-order valence-corrected chi connectivity index (χ4v) is 4.52. The summed E-state index contributed by atoms with van der Waals surface area (Å²) in [5.74, 6) is -1.73. The maximum absolute atomic E-state index is 14.6. The van der Waals surface area contributed by atoms with Crippen LogP contribution in [0.5, 0.6) is 0 Å². The zero-order valence-electron chi connectivity index (χ0n) is 14.5. The Morgan fingerprint density at radius 2 is 2.07 bits per heavy atom. The molecule has 1 aliphatic carbocycles. The summed E-state index contributed by atoms with van der Waals surface area (Å²) in [6.45, 7) is 0. The number of alkyl halides is 2. The van der Waals surface area contributed by atoms with E-state index in [4.69, 9.17) is 22.1 Å². The van der Waals surface area contributed by atoms with Gasteiger partial charge in [-0.1, -0.05) is 11.6 Å². The largest absolute Gasteiger partial charge is 0.462 e. The Morgan fingerprint density at radius 3 is 2.72 bits per heavy atom. The van der Waals surface area contributed by atoms with Crippen molar-refractivity contribution >= 4 is 33.3 Å². The van der Waals surface area contributed by atoms with Crippen LogP contribution in [0.4, 0.5) is 18.9 Å². The lowest BCUT2D eigenvalue weighted by Crippen LogP contribution is -2.43. The molecule has 29 heavy (non-hydrogen) atoms. The van der Waals surface area contributed by atoms with Gasteiger partial charge in [-0.3, -0.25) is 4.72 Å². The molecule has 2 aliphatic rings. The van der Waals surface area contributed by atoms with Crippen molar-refractivity contribution in [2.75, 3.05) is 4.72 Å². The summed E-state index contributed by atoms with van der Waals surface area (Å²) < 4.78 is 75.2. The first-order valence-electron chi connectivity index (χ1n) is 8.38. The van der Waals surface area contributed by atoms with Gasteiger partial charge in [-0.2, -0.15) is 8.42 Å². The van der Waals surface area contributed by atoms with Crippen LogP contribution in [-0.4, -0.2) is 32.0 Å².